The molecule has 1 N–H and O–H groups in total. The number of carbonyl (C=O) groups excluding carboxylic acids is 1. The van der Waals surface area contributed by atoms with Crippen LogP contribution in [0.15, 0.2) is 66.2 Å². The molecule has 162 valence electrons. The summed E-state index contributed by atoms with van der Waals surface area (Å²) in [4.78, 5) is 12.8. The van der Waals surface area contributed by atoms with Gasteiger partial charge in [0.2, 0.25) is 0 Å². The molecule has 1 amide bonds. The van der Waals surface area contributed by atoms with Crippen molar-refractivity contribution in [3.63, 3.8) is 0 Å². The van der Waals surface area contributed by atoms with E-state index in [-0.39, 0.29) is 12.2 Å². The molecule has 0 aliphatic heterocycles. The molecule has 0 aromatic heterocycles. The van der Waals surface area contributed by atoms with E-state index in [1.807, 2.05) is 56.3 Å². The van der Waals surface area contributed by atoms with Crippen LogP contribution in [0.2, 0.25) is 5.02 Å². The van der Waals surface area contributed by atoms with Crippen molar-refractivity contribution < 1.29 is 14.3 Å². The maximum atomic E-state index is 12.8. The van der Waals surface area contributed by atoms with Crippen molar-refractivity contribution in [2.45, 2.75) is 20.5 Å². The molecule has 5 nitrogen and oxygen atoms in total. The fraction of sp³-hybridized carbons (Fsp3) is 0.154. The molecule has 0 heterocycles. The maximum Gasteiger partial charge on any atom is 0.266 e. The number of rotatable bonds is 7. The molecular weight excluding hydrogens is 424 g/mol. The van der Waals surface area contributed by atoms with Gasteiger partial charge in [0.15, 0.2) is 0 Å². The van der Waals surface area contributed by atoms with E-state index in [1.165, 1.54) is 6.08 Å². The number of nitrogens with one attached hydrogen (secondary N) is 1. The third kappa shape index (κ3) is 5.90. The number of carbonyl (C=O) groups is 1. The Hall–Kier alpha value is -3.75. The van der Waals surface area contributed by atoms with Crippen molar-refractivity contribution in [2.24, 2.45) is 0 Å². The van der Waals surface area contributed by atoms with E-state index in [0.717, 1.165) is 16.7 Å². The van der Waals surface area contributed by atoms with E-state index in [9.17, 15) is 10.1 Å². The van der Waals surface area contributed by atoms with Crippen LogP contribution in [-0.4, -0.2) is 13.0 Å². The fourth-order valence-electron chi connectivity index (χ4n) is 3.12. The summed E-state index contributed by atoms with van der Waals surface area (Å²) in [6.45, 7) is 4.16. The second kappa shape index (κ2) is 10.5. The minimum atomic E-state index is -0.490. The lowest BCUT2D eigenvalue weighted by Gasteiger charge is -2.12. The smallest absolute Gasteiger partial charge is 0.266 e. The molecule has 6 heteroatoms. The zero-order valence-corrected chi connectivity index (χ0v) is 18.9. The molecular formula is C26H23ClN2O3. The standard InChI is InChI=1S/C26H23ClN2O3/c1-17-7-10-24(18(2)11-17)29-26(30)21(15-28)13-20-8-9-23(31-3)14-25(20)32-16-19-5-4-6-22(27)12-19/h4-14H,16H2,1-3H3,(H,29,30)/b21-13+. The molecule has 32 heavy (non-hydrogen) atoms. The van der Waals surface area contributed by atoms with Gasteiger partial charge >= 0.3 is 0 Å². The maximum absolute atomic E-state index is 12.8. The van der Waals surface area contributed by atoms with Gasteiger partial charge in [-0.2, -0.15) is 5.26 Å². The van der Waals surface area contributed by atoms with Crippen LogP contribution in [0.3, 0.4) is 0 Å². The molecule has 0 radical (unpaired) electrons. The van der Waals surface area contributed by atoms with Gasteiger partial charge in [-0.05, 0) is 61.4 Å². The van der Waals surface area contributed by atoms with E-state index in [4.69, 9.17) is 21.1 Å². The van der Waals surface area contributed by atoms with Crippen molar-refractivity contribution >= 4 is 29.3 Å². The molecule has 0 unspecified atom stereocenters. The Kier molecular flexibility index (Phi) is 7.54. The van der Waals surface area contributed by atoms with Crippen molar-refractivity contribution in [1.29, 1.82) is 5.26 Å². The number of aryl methyl sites for hydroxylation is 2. The van der Waals surface area contributed by atoms with E-state index in [1.54, 1.807) is 31.4 Å². The molecule has 0 saturated heterocycles. The average Bonchev–Trinajstić information content (AvgIpc) is 2.78. The Labute approximate surface area is 192 Å². The van der Waals surface area contributed by atoms with Crippen molar-refractivity contribution in [2.75, 3.05) is 12.4 Å². The molecule has 0 spiro atoms. The lowest BCUT2D eigenvalue weighted by Crippen LogP contribution is -2.14. The van der Waals surface area contributed by atoms with Crippen molar-refractivity contribution in [1.82, 2.24) is 0 Å². The van der Waals surface area contributed by atoms with E-state index < -0.39 is 5.91 Å². The van der Waals surface area contributed by atoms with Gasteiger partial charge in [-0.3, -0.25) is 4.79 Å². The first-order valence-corrected chi connectivity index (χ1v) is 10.3. The average molecular weight is 447 g/mol. The number of halogens is 1. The second-order valence-electron chi connectivity index (χ2n) is 7.26. The SMILES string of the molecule is COc1ccc(/C=C(\C#N)C(=O)Nc2ccc(C)cc2C)c(OCc2cccc(Cl)c2)c1. The number of hydrogen-bond acceptors (Lipinski definition) is 4. The van der Waals surface area contributed by atoms with Crippen LogP contribution in [0.1, 0.15) is 22.3 Å². The fourth-order valence-corrected chi connectivity index (χ4v) is 3.33. The number of benzene rings is 3. The van der Waals surface area contributed by atoms with Crippen LogP contribution < -0.4 is 14.8 Å². The summed E-state index contributed by atoms with van der Waals surface area (Å²) in [7, 11) is 1.56. The van der Waals surface area contributed by atoms with Crippen LogP contribution in [0, 0.1) is 25.2 Å². The number of hydrogen-bond donors (Lipinski definition) is 1. The van der Waals surface area contributed by atoms with Crippen molar-refractivity contribution in [3.05, 3.63) is 93.5 Å². The number of methoxy groups -OCH3 is 1. The first-order chi connectivity index (χ1) is 15.4. The summed E-state index contributed by atoms with van der Waals surface area (Å²) >= 11 is 6.05. The normalized spacial score (nSPS) is 10.9. The third-order valence-corrected chi connectivity index (χ3v) is 5.03. The molecule has 3 aromatic carbocycles. The Morgan fingerprint density at radius 1 is 1.12 bits per heavy atom. The Balaban J connectivity index is 1.87. The summed E-state index contributed by atoms with van der Waals surface area (Å²) in [5.41, 5.74) is 4.11. The molecule has 0 atom stereocenters. The first-order valence-electron chi connectivity index (χ1n) is 9.95. The molecule has 0 saturated carbocycles. The van der Waals surface area contributed by atoms with E-state index in [2.05, 4.69) is 5.32 Å². The highest BCUT2D eigenvalue weighted by atomic mass is 35.5. The highest BCUT2D eigenvalue weighted by Gasteiger charge is 2.13. The van der Waals surface area contributed by atoms with Crippen LogP contribution in [-0.2, 0) is 11.4 Å². The second-order valence-corrected chi connectivity index (χ2v) is 7.70. The molecule has 3 rings (SSSR count). The van der Waals surface area contributed by atoms with Gasteiger partial charge in [-0.15, -0.1) is 0 Å². The summed E-state index contributed by atoms with van der Waals surface area (Å²) in [6, 6.07) is 20.2. The highest BCUT2D eigenvalue weighted by Crippen LogP contribution is 2.28. The van der Waals surface area contributed by atoms with Crippen LogP contribution in [0.25, 0.3) is 6.08 Å². The summed E-state index contributed by atoms with van der Waals surface area (Å²) in [6.07, 6.45) is 1.51. The van der Waals surface area contributed by atoms with Crippen LogP contribution >= 0.6 is 11.6 Å². The number of amides is 1. The van der Waals surface area contributed by atoms with Crippen LogP contribution in [0.5, 0.6) is 11.5 Å². The van der Waals surface area contributed by atoms with E-state index >= 15 is 0 Å². The predicted molar refractivity (Wildman–Crippen MR) is 127 cm³/mol. The van der Waals surface area contributed by atoms with Gasteiger partial charge in [0.1, 0.15) is 29.7 Å². The zero-order valence-electron chi connectivity index (χ0n) is 18.1. The first kappa shape index (κ1) is 22.9. The van der Waals surface area contributed by atoms with E-state index in [0.29, 0.717) is 27.8 Å². The quantitative estimate of drug-likeness (QED) is 0.352. The largest absolute Gasteiger partial charge is 0.497 e. The predicted octanol–water partition coefficient (Wildman–Crippen LogP) is 6.09. The van der Waals surface area contributed by atoms with Gasteiger partial charge in [0.25, 0.3) is 5.91 Å². The Morgan fingerprint density at radius 3 is 2.62 bits per heavy atom. The van der Waals surface area contributed by atoms with Gasteiger partial charge < -0.3 is 14.8 Å². The highest BCUT2D eigenvalue weighted by molar-refractivity contribution is 6.30. The minimum absolute atomic E-state index is 0.0391. The monoisotopic (exact) mass is 446 g/mol. The Morgan fingerprint density at radius 2 is 1.94 bits per heavy atom. The van der Waals surface area contributed by atoms with Gasteiger partial charge in [-0.1, -0.05) is 41.4 Å². The zero-order chi connectivity index (χ0) is 23.1. The lowest BCUT2D eigenvalue weighted by atomic mass is 10.1. The molecule has 0 bridgehead atoms. The molecule has 0 aliphatic rings. The molecule has 3 aromatic rings. The Bertz CT molecular complexity index is 1210. The summed E-state index contributed by atoms with van der Waals surface area (Å²) < 4.78 is 11.3. The topological polar surface area (TPSA) is 71.3 Å². The summed E-state index contributed by atoms with van der Waals surface area (Å²) in [5, 5.41) is 13.0. The van der Waals surface area contributed by atoms with Gasteiger partial charge in [-0.25, -0.2) is 0 Å². The number of nitrogens with zero attached hydrogens (tertiary/aromatic N) is 1. The molecule has 0 fully saturated rings. The lowest BCUT2D eigenvalue weighted by molar-refractivity contribution is -0.112. The molecule has 0 aliphatic carbocycles. The number of anilines is 1. The van der Waals surface area contributed by atoms with Gasteiger partial charge in [0.05, 0.1) is 7.11 Å². The minimum Gasteiger partial charge on any atom is -0.497 e. The summed E-state index contributed by atoms with van der Waals surface area (Å²) in [5.74, 6) is 0.592. The van der Waals surface area contributed by atoms with Gasteiger partial charge in [0, 0.05) is 22.3 Å². The number of nitriles is 1. The third-order valence-electron chi connectivity index (χ3n) is 4.80. The van der Waals surface area contributed by atoms with Crippen molar-refractivity contribution in [3.8, 4) is 17.6 Å². The van der Waals surface area contributed by atoms with Crippen LogP contribution in [0.4, 0.5) is 5.69 Å². The number of ether oxygens (including phenoxy) is 2.